The first kappa shape index (κ1) is 18.9. The van der Waals surface area contributed by atoms with Gasteiger partial charge in [0.15, 0.2) is 0 Å². The summed E-state index contributed by atoms with van der Waals surface area (Å²) in [5.41, 5.74) is 0.722. The third-order valence-corrected chi connectivity index (χ3v) is 5.72. The first-order chi connectivity index (χ1) is 12.2. The van der Waals surface area contributed by atoms with Crippen LogP contribution in [-0.4, -0.2) is 33.8 Å². The molecule has 7 heteroatoms. The highest BCUT2D eigenvalue weighted by Gasteiger charge is 2.26. The molecule has 2 aromatic heterocycles. The van der Waals surface area contributed by atoms with E-state index in [1.165, 1.54) is 10.4 Å². The molecule has 0 unspecified atom stereocenters. The molecule has 0 radical (unpaired) electrons. The molecule has 2 aromatic rings. The summed E-state index contributed by atoms with van der Waals surface area (Å²) in [6.45, 7) is 9.79. The van der Waals surface area contributed by atoms with Crippen molar-refractivity contribution in [1.82, 2.24) is 15.3 Å². The Morgan fingerprint density at radius 2 is 1.88 bits per heavy atom. The Bertz CT molecular complexity index is 789. The lowest BCUT2D eigenvalue weighted by Crippen LogP contribution is -2.42. The lowest BCUT2D eigenvalue weighted by molar-refractivity contribution is 0.0470. The zero-order valence-corrected chi connectivity index (χ0v) is 16.9. The average molecular weight is 378 g/mol. The molecule has 0 aliphatic heterocycles. The summed E-state index contributed by atoms with van der Waals surface area (Å²) in [6, 6.07) is 0.139. The maximum atomic E-state index is 11.9. The summed E-state index contributed by atoms with van der Waals surface area (Å²) in [4.78, 5) is 22.9. The Morgan fingerprint density at radius 1 is 1.19 bits per heavy atom. The van der Waals surface area contributed by atoms with Crippen molar-refractivity contribution in [2.45, 2.75) is 78.0 Å². The van der Waals surface area contributed by atoms with Gasteiger partial charge in [-0.25, -0.2) is 14.8 Å². The van der Waals surface area contributed by atoms with Gasteiger partial charge in [-0.05, 0) is 65.9 Å². The molecule has 1 fully saturated rings. The van der Waals surface area contributed by atoms with Crippen molar-refractivity contribution in [3.05, 3.63) is 16.8 Å². The Labute approximate surface area is 158 Å². The Balaban J connectivity index is 1.57. The number of rotatable bonds is 3. The number of alkyl carbamates (subject to hydrolysis) is 1. The highest BCUT2D eigenvalue weighted by atomic mass is 32.1. The van der Waals surface area contributed by atoms with Crippen molar-refractivity contribution in [2.75, 3.05) is 0 Å². The third kappa shape index (κ3) is 4.44. The Morgan fingerprint density at radius 3 is 2.54 bits per heavy atom. The standard InChI is InChI=1S/C19H27N3O3S/c1-11-12(2)26-17-15(11)16(20-10-21-17)24-14-8-6-13(7-9-14)22-18(23)25-19(3,4)5/h10,13-14H,6-9H2,1-5H3,(H,22,23)/t13-,14-. The summed E-state index contributed by atoms with van der Waals surface area (Å²) < 4.78 is 11.5. The van der Waals surface area contributed by atoms with Crippen molar-refractivity contribution in [3.8, 4) is 5.88 Å². The van der Waals surface area contributed by atoms with Gasteiger partial charge in [-0.3, -0.25) is 0 Å². The van der Waals surface area contributed by atoms with E-state index in [0.717, 1.165) is 35.9 Å². The molecule has 0 aromatic carbocycles. The smallest absolute Gasteiger partial charge is 0.407 e. The van der Waals surface area contributed by atoms with Gasteiger partial charge in [0.2, 0.25) is 5.88 Å². The van der Waals surface area contributed by atoms with Crippen LogP contribution in [0.4, 0.5) is 4.79 Å². The molecule has 1 aliphatic rings. The van der Waals surface area contributed by atoms with Crippen LogP contribution in [0.15, 0.2) is 6.33 Å². The summed E-state index contributed by atoms with van der Waals surface area (Å²) in [5, 5.41) is 3.99. The molecular formula is C19H27N3O3S. The quantitative estimate of drug-likeness (QED) is 0.851. The second kappa shape index (κ2) is 7.39. The number of hydrogen-bond acceptors (Lipinski definition) is 6. The second-order valence-corrected chi connectivity index (χ2v) is 9.08. The third-order valence-electron chi connectivity index (χ3n) is 4.60. The molecule has 1 N–H and O–H groups in total. The van der Waals surface area contributed by atoms with Gasteiger partial charge in [0.1, 0.15) is 22.9 Å². The van der Waals surface area contributed by atoms with Crippen LogP contribution < -0.4 is 10.1 Å². The number of nitrogens with zero attached hydrogens (tertiary/aromatic N) is 2. The van der Waals surface area contributed by atoms with Crippen molar-refractivity contribution < 1.29 is 14.3 Å². The predicted octanol–water partition coefficient (Wildman–Crippen LogP) is 4.52. The molecule has 26 heavy (non-hydrogen) atoms. The topological polar surface area (TPSA) is 73.3 Å². The van der Waals surface area contributed by atoms with Gasteiger partial charge in [0.25, 0.3) is 0 Å². The molecule has 1 amide bonds. The number of hydrogen-bond donors (Lipinski definition) is 1. The number of aromatic nitrogens is 2. The summed E-state index contributed by atoms with van der Waals surface area (Å²) in [6.07, 6.45) is 4.86. The molecule has 3 rings (SSSR count). The highest BCUT2D eigenvalue weighted by molar-refractivity contribution is 7.18. The Kier molecular flexibility index (Phi) is 5.37. The van der Waals surface area contributed by atoms with E-state index >= 15 is 0 Å². The largest absolute Gasteiger partial charge is 0.474 e. The van der Waals surface area contributed by atoms with Crippen molar-refractivity contribution >= 4 is 27.6 Å². The zero-order valence-electron chi connectivity index (χ0n) is 16.1. The van der Waals surface area contributed by atoms with Gasteiger partial charge in [0, 0.05) is 10.9 Å². The van der Waals surface area contributed by atoms with Gasteiger partial charge < -0.3 is 14.8 Å². The van der Waals surface area contributed by atoms with Gasteiger partial charge in [-0.1, -0.05) is 0 Å². The first-order valence-corrected chi connectivity index (χ1v) is 9.91. The fourth-order valence-corrected chi connectivity index (χ4v) is 4.18. The lowest BCUT2D eigenvalue weighted by Gasteiger charge is -2.30. The van der Waals surface area contributed by atoms with E-state index < -0.39 is 5.60 Å². The molecular weight excluding hydrogens is 350 g/mol. The monoisotopic (exact) mass is 377 g/mol. The van der Waals surface area contributed by atoms with Crippen LogP contribution in [0.25, 0.3) is 10.2 Å². The molecule has 0 saturated heterocycles. The fraction of sp³-hybridized carbons (Fsp3) is 0.632. The minimum Gasteiger partial charge on any atom is -0.474 e. The molecule has 0 bridgehead atoms. The molecule has 6 nitrogen and oxygen atoms in total. The van der Waals surface area contributed by atoms with Crippen molar-refractivity contribution in [3.63, 3.8) is 0 Å². The Hall–Kier alpha value is -1.89. The van der Waals surface area contributed by atoms with E-state index in [4.69, 9.17) is 9.47 Å². The van der Waals surface area contributed by atoms with Crippen LogP contribution in [0.2, 0.25) is 0 Å². The molecule has 0 atom stereocenters. The summed E-state index contributed by atoms with van der Waals surface area (Å²) in [5.74, 6) is 0.681. The highest BCUT2D eigenvalue weighted by Crippen LogP contribution is 2.35. The van der Waals surface area contributed by atoms with E-state index in [-0.39, 0.29) is 18.2 Å². The number of ether oxygens (including phenoxy) is 2. The predicted molar refractivity (Wildman–Crippen MR) is 103 cm³/mol. The molecule has 1 aliphatic carbocycles. The van der Waals surface area contributed by atoms with Crippen LogP contribution in [-0.2, 0) is 4.74 Å². The minimum atomic E-state index is -0.473. The number of thiophene rings is 1. The second-order valence-electron chi connectivity index (χ2n) is 7.88. The molecule has 2 heterocycles. The van der Waals surface area contributed by atoms with Gasteiger partial charge >= 0.3 is 6.09 Å². The van der Waals surface area contributed by atoms with Crippen LogP contribution in [0.3, 0.4) is 0 Å². The zero-order chi connectivity index (χ0) is 18.9. The van der Waals surface area contributed by atoms with Crippen LogP contribution in [0, 0.1) is 13.8 Å². The number of nitrogens with one attached hydrogen (secondary N) is 1. The van der Waals surface area contributed by atoms with Gasteiger partial charge in [0.05, 0.1) is 5.39 Å². The SMILES string of the molecule is Cc1sc2ncnc(O[C@H]3CC[C@H](NC(=O)OC(C)(C)C)CC3)c2c1C. The number of carbonyl (C=O) groups is 1. The summed E-state index contributed by atoms with van der Waals surface area (Å²) in [7, 11) is 0. The van der Waals surface area contributed by atoms with Crippen LogP contribution in [0.5, 0.6) is 5.88 Å². The number of carbonyl (C=O) groups excluding carboxylic acids is 1. The van der Waals surface area contributed by atoms with E-state index in [1.807, 2.05) is 20.8 Å². The minimum absolute atomic E-state index is 0.115. The average Bonchev–Trinajstić information content (AvgIpc) is 2.83. The fourth-order valence-electron chi connectivity index (χ4n) is 3.20. The molecule has 142 valence electrons. The first-order valence-electron chi connectivity index (χ1n) is 9.10. The molecule has 1 saturated carbocycles. The van der Waals surface area contributed by atoms with Gasteiger partial charge in [-0.15, -0.1) is 11.3 Å². The van der Waals surface area contributed by atoms with Crippen LogP contribution in [0.1, 0.15) is 56.9 Å². The summed E-state index contributed by atoms with van der Waals surface area (Å²) >= 11 is 1.67. The number of fused-ring (bicyclic) bond motifs is 1. The van der Waals surface area contributed by atoms with E-state index in [1.54, 1.807) is 17.7 Å². The van der Waals surface area contributed by atoms with E-state index in [9.17, 15) is 4.79 Å². The number of aryl methyl sites for hydroxylation is 2. The van der Waals surface area contributed by atoms with Crippen molar-refractivity contribution in [1.29, 1.82) is 0 Å². The molecule has 0 spiro atoms. The van der Waals surface area contributed by atoms with E-state index in [2.05, 4.69) is 29.1 Å². The van der Waals surface area contributed by atoms with Crippen LogP contribution >= 0.6 is 11.3 Å². The van der Waals surface area contributed by atoms with Crippen molar-refractivity contribution in [2.24, 2.45) is 0 Å². The lowest BCUT2D eigenvalue weighted by atomic mass is 9.93. The number of amides is 1. The van der Waals surface area contributed by atoms with E-state index in [0.29, 0.717) is 5.88 Å². The maximum absolute atomic E-state index is 11.9. The normalized spacial score (nSPS) is 20.8. The van der Waals surface area contributed by atoms with Gasteiger partial charge in [-0.2, -0.15) is 0 Å². The maximum Gasteiger partial charge on any atom is 0.407 e.